The molecule has 0 spiro atoms. The molecule has 0 fully saturated rings. The average Bonchev–Trinajstić information content (AvgIpc) is 3.14. The van der Waals surface area contributed by atoms with Gasteiger partial charge in [-0.1, -0.05) is 154 Å². The van der Waals surface area contributed by atoms with Crippen LogP contribution in [-0.2, 0) is 5.41 Å². The number of aromatic nitrogens is 3. The molecule has 1 aromatic heterocycles. The van der Waals surface area contributed by atoms with Crippen LogP contribution in [-0.4, -0.2) is 15.0 Å². The molecule has 3 nitrogen and oxygen atoms in total. The van der Waals surface area contributed by atoms with Gasteiger partial charge in [0, 0.05) is 16.7 Å². The lowest BCUT2D eigenvalue weighted by atomic mass is 9.85. The van der Waals surface area contributed by atoms with Gasteiger partial charge in [-0.15, -0.1) is 0 Å². The van der Waals surface area contributed by atoms with Crippen molar-refractivity contribution < 1.29 is 0 Å². The summed E-state index contributed by atoms with van der Waals surface area (Å²) < 4.78 is 0. The van der Waals surface area contributed by atoms with Gasteiger partial charge >= 0.3 is 0 Å². The van der Waals surface area contributed by atoms with Crippen LogP contribution in [0.4, 0.5) is 0 Å². The Balaban J connectivity index is 1.13. The molecule has 8 aromatic rings. The molecule has 0 aliphatic heterocycles. The summed E-state index contributed by atoms with van der Waals surface area (Å²) >= 11 is 0. The smallest absolute Gasteiger partial charge is 0.164 e. The van der Waals surface area contributed by atoms with E-state index in [0.29, 0.717) is 17.5 Å². The van der Waals surface area contributed by atoms with E-state index in [9.17, 15) is 0 Å². The van der Waals surface area contributed by atoms with Gasteiger partial charge in [0.25, 0.3) is 0 Å². The molecule has 8 rings (SSSR count). The fraction of sp³-hybridized carbons (Fsp3) is 0.0889. The quantitative estimate of drug-likeness (QED) is 0.193. The van der Waals surface area contributed by atoms with Gasteiger partial charge < -0.3 is 0 Å². The van der Waals surface area contributed by atoms with Gasteiger partial charge in [0.05, 0.1) is 0 Å². The number of rotatable bonds is 5. The molecule has 230 valence electrons. The third-order valence-electron chi connectivity index (χ3n) is 9.03. The van der Waals surface area contributed by atoms with Crippen LogP contribution in [0, 0.1) is 0 Å². The summed E-state index contributed by atoms with van der Waals surface area (Å²) in [5.41, 5.74) is 9.19. The lowest BCUT2D eigenvalue weighted by Gasteiger charge is -2.19. The molecule has 0 bridgehead atoms. The normalized spacial score (nSPS) is 11.6. The number of nitrogens with zero attached hydrogens (tertiary/aromatic N) is 3. The van der Waals surface area contributed by atoms with Gasteiger partial charge in [-0.25, -0.2) is 15.0 Å². The molecule has 0 atom stereocenters. The highest BCUT2D eigenvalue weighted by atomic mass is 15.0. The second kappa shape index (κ2) is 12.0. The van der Waals surface area contributed by atoms with Crippen LogP contribution < -0.4 is 0 Å². The predicted octanol–water partition coefficient (Wildman–Crippen LogP) is 11.8. The van der Waals surface area contributed by atoms with Crippen LogP contribution in [0.2, 0.25) is 0 Å². The number of hydrogen-bond donors (Lipinski definition) is 0. The lowest BCUT2D eigenvalue weighted by Crippen LogP contribution is -2.10. The van der Waals surface area contributed by atoms with Crippen LogP contribution in [0.3, 0.4) is 0 Å². The van der Waals surface area contributed by atoms with Crippen LogP contribution in [0.15, 0.2) is 158 Å². The summed E-state index contributed by atoms with van der Waals surface area (Å²) in [5.74, 6) is 1.98. The summed E-state index contributed by atoms with van der Waals surface area (Å²) in [6, 6.07) is 55.8. The van der Waals surface area contributed by atoms with E-state index >= 15 is 0 Å². The molecule has 0 saturated heterocycles. The Bertz CT molecular complexity index is 2370. The first-order valence-corrected chi connectivity index (χ1v) is 16.4. The van der Waals surface area contributed by atoms with E-state index in [1.54, 1.807) is 0 Å². The molecule has 0 aliphatic carbocycles. The SMILES string of the molecule is CC(C)(C)c1ccc2cc(-c3cccc(-c4ccc5cc(-c6nc(-c7ccccc7)nc(-c7ccccc7)n6)ccc5c4)c3)ccc2c1. The van der Waals surface area contributed by atoms with E-state index in [0.717, 1.165) is 22.1 Å². The van der Waals surface area contributed by atoms with Crippen LogP contribution in [0.1, 0.15) is 26.3 Å². The van der Waals surface area contributed by atoms with Crippen LogP contribution in [0.25, 0.3) is 78.0 Å². The van der Waals surface area contributed by atoms with E-state index in [1.807, 2.05) is 60.7 Å². The van der Waals surface area contributed by atoms with Gasteiger partial charge in [-0.05, 0) is 79.0 Å². The van der Waals surface area contributed by atoms with Gasteiger partial charge in [-0.3, -0.25) is 0 Å². The van der Waals surface area contributed by atoms with Crippen molar-refractivity contribution in [3.05, 3.63) is 163 Å². The molecule has 0 amide bonds. The van der Waals surface area contributed by atoms with Crippen molar-refractivity contribution in [1.29, 1.82) is 0 Å². The molecule has 0 radical (unpaired) electrons. The molecular weight excluding hydrogens is 583 g/mol. The number of hydrogen-bond acceptors (Lipinski definition) is 3. The Morgan fingerprint density at radius 1 is 0.312 bits per heavy atom. The van der Waals surface area contributed by atoms with Crippen molar-refractivity contribution in [2.24, 2.45) is 0 Å². The Morgan fingerprint density at radius 2 is 0.688 bits per heavy atom. The van der Waals surface area contributed by atoms with Crippen molar-refractivity contribution in [3.8, 4) is 56.4 Å². The Labute approximate surface area is 281 Å². The van der Waals surface area contributed by atoms with Gasteiger partial charge in [0.15, 0.2) is 17.5 Å². The van der Waals surface area contributed by atoms with E-state index in [1.165, 1.54) is 44.0 Å². The highest BCUT2D eigenvalue weighted by Crippen LogP contribution is 2.33. The molecule has 1 heterocycles. The maximum Gasteiger partial charge on any atom is 0.164 e. The maximum atomic E-state index is 4.92. The van der Waals surface area contributed by atoms with Crippen LogP contribution >= 0.6 is 0 Å². The van der Waals surface area contributed by atoms with Crippen molar-refractivity contribution in [3.63, 3.8) is 0 Å². The molecule has 3 heteroatoms. The maximum absolute atomic E-state index is 4.92. The molecule has 0 unspecified atom stereocenters. The third kappa shape index (κ3) is 5.87. The van der Waals surface area contributed by atoms with Crippen molar-refractivity contribution in [2.75, 3.05) is 0 Å². The summed E-state index contributed by atoms with van der Waals surface area (Å²) in [7, 11) is 0. The molecule has 7 aromatic carbocycles. The second-order valence-corrected chi connectivity index (χ2v) is 13.4. The topological polar surface area (TPSA) is 38.7 Å². The zero-order valence-electron chi connectivity index (χ0n) is 27.4. The molecule has 48 heavy (non-hydrogen) atoms. The molecule has 0 N–H and O–H groups in total. The van der Waals surface area contributed by atoms with Gasteiger partial charge in [-0.2, -0.15) is 0 Å². The largest absolute Gasteiger partial charge is 0.208 e. The van der Waals surface area contributed by atoms with Crippen molar-refractivity contribution in [1.82, 2.24) is 15.0 Å². The first kappa shape index (κ1) is 29.5. The molecular formula is C45H35N3. The zero-order valence-corrected chi connectivity index (χ0v) is 27.4. The van der Waals surface area contributed by atoms with Crippen LogP contribution in [0.5, 0.6) is 0 Å². The predicted molar refractivity (Wildman–Crippen MR) is 201 cm³/mol. The van der Waals surface area contributed by atoms with E-state index in [2.05, 4.69) is 118 Å². The third-order valence-corrected chi connectivity index (χ3v) is 9.03. The van der Waals surface area contributed by atoms with Crippen molar-refractivity contribution >= 4 is 21.5 Å². The lowest BCUT2D eigenvalue weighted by molar-refractivity contribution is 0.591. The number of fused-ring (bicyclic) bond motifs is 2. The van der Waals surface area contributed by atoms with E-state index in [4.69, 9.17) is 15.0 Å². The fourth-order valence-corrected chi connectivity index (χ4v) is 6.27. The molecule has 0 aliphatic rings. The van der Waals surface area contributed by atoms with Gasteiger partial charge in [0.1, 0.15) is 0 Å². The molecule has 0 saturated carbocycles. The van der Waals surface area contributed by atoms with Gasteiger partial charge in [0.2, 0.25) is 0 Å². The highest BCUT2D eigenvalue weighted by Gasteiger charge is 2.15. The summed E-state index contributed by atoms with van der Waals surface area (Å²) in [6.07, 6.45) is 0. The minimum atomic E-state index is 0.132. The summed E-state index contributed by atoms with van der Waals surface area (Å²) in [6.45, 7) is 6.79. The minimum absolute atomic E-state index is 0.132. The van der Waals surface area contributed by atoms with E-state index < -0.39 is 0 Å². The first-order valence-electron chi connectivity index (χ1n) is 16.4. The Morgan fingerprint density at radius 3 is 1.19 bits per heavy atom. The average molecular weight is 618 g/mol. The minimum Gasteiger partial charge on any atom is -0.208 e. The zero-order chi connectivity index (χ0) is 32.7. The first-order chi connectivity index (χ1) is 23.4. The standard InChI is InChI=1S/C45H35N3/c1-45(2,3)41-24-23-38-27-35(19-20-39(38)29-41)33-16-10-15-32(25-33)34-17-18-37-28-40(22-21-36(37)26-34)44-47-42(30-11-6-4-7-12-30)46-43(48-44)31-13-8-5-9-14-31/h4-29H,1-3H3. The monoisotopic (exact) mass is 617 g/mol. The number of benzene rings is 7. The summed E-state index contributed by atoms with van der Waals surface area (Å²) in [5, 5.41) is 4.85. The Hall–Kier alpha value is -5.93. The van der Waals surface area contributed by atoms with Crippen molar-refractivity contribution in [2.45, 2.75) is 26.2 Å². The van der Waals surface area contributed by atoms with E-state index in [-0.39, 0.29) is 5.41 Å². The second-order valence-electron chi connectivity index (χ2n) is 13.4. The highest BCUT2D eigenvalue weighted by molar-refractivity contribution is 5.92. The fourth-order valence-electron chi connectivity index (χ4n) is 6.27. The Kier molecular flexibility index (Phi) is 7.38. The summed E-state index contributed by atoms with van der Waals surface area (Å²) in [4.78, 5) is 14.7.